The van der Waals surface area contributed by atoms with Gasteiger partial charge in [0, 0.05) is 0 Å². The Morgan fingerprint density at radius 2 is 2.19 bits per heavy atom. The largest absolute Gasteiger partial charge is 0.478 e. The molecule has 0 spiro atoms. The van der Waals surface area contributed by atoms with Crippen molar-refractivity contribution >= 4 is 17.7 Å². The lowest BCUT2D eigenvalue weighted by atomic mass is 10.2. The number of nitrogens with one attached hydrogen (secondary N) is 1. The summed E-state index contributed by atoms with van der Waals surface area (Å²) in [5, 5.41) is 11.0. The number of hydrogen-bond acceptors (Lipinski definition) is 3. The maximum atomic E-state index is 12.8. The highest BCUT2D eigenvalue weighted by Gasteiger charge is 2.13. The number of carbonyl (C=O) groups excluding carboxylic acids is 1. The van der Waals surface area contributed by atoms with Crippen LogP contribution in [0.15, 0.2) is 18.2 Å². The number of amides is 1. The zero-order valence-corrected chi connectivity index (χ0v) is 8.49. The van der Waals surface area contributed by atoms with Crippen LogP contribution < -0.4 is 5.32 Å². The fourth-order valence-corrected chi connectivity index (χ4v) is 1.08. The van der Waals surface area contributed by atoms with Gasteiger partial charge in [0.2, 0.25) is 0 Å². The van der Waals surface area contributed by atoms with Crippen molar-refractivity contribution in [2.24, 2.45) is 0 Å². The van der Waals surface area contributed by atoms with Crippen LogP contribution in [-0.4, -0.2) is 23.8 Å². The second kappa shape index (κ2) is 5.11. The number of rotatable bonds is 3. The molecule has 16 heavy (non-hydrogen) atoms. The zero-order valence-electron chi connectivity index (χ0n) is 8.49. The van der Waals surface area contributed by atoms with E-state index in [0.29, 0.717) is 0 Å². The number of carboxylic acid groups (broad SMARTS) is 1. The van der Waals surface area contributed by atoms with Gasteiger partial charge in [-0.05, 0) is 25.1 Å². The van der Waals surface area contributed by atoms with E-state index in [4.69, 9.17) is 5.11 Å². The van der Waals surface area contributed by atoms with Crippen LogP contribution in [0.2, 0.25) is 0 Å². The van der Waals surface area contributed by atoms with Crippen molar-refractivity contribution < 1.29 is 23.8 Å². The number of hydrogen-bond donors (Lipinski definition) is 2. The highest BCUT2D eigenvalue weighted by atomic mass is 19.1. The Morgan fingerprint density at radius 1 is 1.50 bits per heavy atom. The minimum atomic E-state index is -1.33. The van der Waals surface area contributed by atoms with E-state index in [-0.39, 0.29) is 17.9 Å². The van der Waals surface area contributed by atoms with Gasteiger partial charge in [-0.25, -0.2) is 14.0 Å². The van der Waals surface area contributed by atoms with E-state index >= 15 is 0 Å². The van der Waals surface area contributed by atoms with Gasteiger partial charge >= 0.3 is 12.1 Å². The summed E-state index contributed by atoms with van der Waals surface area (Å²) >= 11 is 0. The van der Waals surface area contributed by atoms with Crippen molar-refractivity contribution in [2.45, 2.75) is 6.92 Å². The van der Waals surface area contributed by atoms with Gasteiger partial charge in [0.05, 0.1) is 17.9 Å². The third-order valence-electron chi connectivity index (χ3n) is 1.72. The Morgan fingerprint density at radius 3 is 2.75 bits per heavy atom. The van der Waals surface area contributed by atoms with Crippen LogP contribution in [0.1, 0.15) is 17.3 Å². The first-order chi connectivity index (χ1) is 7.54. The molecule has 2 N–H and O–H groups in total. The van der Waals surface area contributed by atoms with Crippen LogP contribution in [-0.2, 0) is 4.74 Å². The molecule has 1 aromatic rings. The summed E-state index contributed by atoms with van der Waals surface area (Å²) in [4.78, 5) is 21.8. The normalized spacial score (nSPS) is 9.62. The lowest BCUT2D eigenvalue weighted by molar-refractivity contribution is 0.0697. The van der Waals surface area contributed by atoms with Crippen molar-refractivity contribution in [1.29, 1.82) is 0 Å². The van der Waals surface area contributed by atoms with E-state index in [9.17, 15) is 14.0 Å². The van der Waals surface area contributed by atoms with Gasteiger partial charge in [-0.15, -0.1) is 0 Å². The van der Waals surface area contributed by atoms with Crippen molar-refractivity contribution in [3.05, 3.63) is 29.6 Å². The summed E-state index contributed by atoms with van der Waals surface area (Å²) < 4.78 is 17.4. The van der Waals surface area contributed by atoms with Crippen LogP contribution in [0.4, 0.5) is 14.9 Å². The van der Waals surface area contributed by atoms with Crippen LogP contribution in [0.3, 0.4) is 0 Å². The van der Waals surface area contributed by atoms with Crippen molar-refractivity contribution in [2.75, 3.05) is 11.9 Å². The number of aromatic carboxylic acids is 1. The number of ether oxygens (including phenoxy) is 1. The Labute approximate surface area is 90.8 Å². The van der Waals surface area contributed by atoms with Crippen molar-refractivity contribution in [1.82, 2.24) is 0 Å². The minimum Gasteiger partial charge on any atom is -0.478 e. The molecule has 5 nitrogen and oxygen atoms in total. The quantitative estimate of drug-likeness (QED) is 0.828. The number of benzene rings is 1. The summed E-state index contributed by atoms with van der Waals surface area (Å²) in [6.07, 6.45) is -0.781. The Hall–Kier alpha value is -2.11. The second-order valence-electron chi connectivity index (χ2n) is 2.84. The molecule has 86 valence electrons. The van der Waals surface area contributed by atoms with Gasteiger partial charge in [0.15, 0.2) is 0 Å². The van der Waals surface area contributed by atoms with Crippen LogP contribution >= 0.6 is 0 Å². The monoisotopic (exact) mass is 227 g/mol. The maximum absolute atomic E-state index is 12.8. The Balaban J connectivity index is 2.95. The topological polar surface area (TPSA) is 75.6 Å². The Kier molecular flexibility index (Phi) is 3.82. The molecule has 0 atom stereocenters. The molecule has 0 bridgehead atoms. The van der Waals surface area contributed by atoms with Gasteiger partial charge in [0.25, 0.3) is 0 Å². The van der Waals surface area contributed by atoms with Crippen LogP contribution in [0, 0.1) is 5.82 Å². The molecule has 6 heteroatoms. The predicted molar refractivity (Wildman–Crippen MR) is 54.0 cm³/mol. The lowest BCUT2D eigenvalue weighted by Gasteiger charge is -2.07. The van der Waals surface area contributed by atoms with Crippen LogP contribution in [0.5, 0.6) is 0 Å². The molecule has 1 rings (SSSR count). The summed E-state index contributed by atoms with van der Waals surface area (Å²) in [5.41, 5.74) is -0.333. The molecule has 1 amide bonds. The van der Waals surface area contributed by atoms with E-state index in [1.165, 1.54) is 0 Å². The molecule has 1 aromatic carbocycles. The van der Waals surface area contributed by atoms with Crippen LogP contribution in [0.25, 0.3) is 0 Å². The summed E-state index contributed by atoms with van der Waals surface area (Å²) in [5.74, 6) is -2.02. The predicted octanol–water partition coefficient (Wildman–Crippen LogP) is 2.09. The lowest BCUT2D eigenvalue weighted by Crippen LogP contribution is -2.16. The first-order valence-corrected chi connectivity index (χ1v) is 4.51. The fourth-order valence-electron chi connectivity index (χ4n) is 1.08. The smallest absolute Gasteiger partial charge is 0.411 e. The second-order valence-corrected chi connectivity index (χ2v) is 2.84. The third-order valence-corrected chi connectivity index (χ3v) is 1.72. The first kappa shape index (κ1) is 12.0. The molecular formula is C10H10FNO4. The maximum Gasteiger partial charge on any atom is 0.411 e. The molecule has 0 fully saturated rings. The van der Waals surface area contributed by atoms with Gasteiger partial charge < -0.3 is 9.84 Å². The highest BCUT2D eigenvalue weighted by molar-refractivity contribution is 5.98. The van der Waals surface area contributed by atoms with E-state index in [1.807, 2.05) is 0 Å². The standard InChI is InChI=1S/C10H10FNO4/c1-2-16-10(15)12-8-4-3-6(11)5-7(8)9(13)14/h3-5H,2H2,1H3,(H,12,15)(H,13,14). The first-order valence-electron chi connectivity index (χ1n) is 4.51. The van der Waals surface area contributed by atoms with Gasteiger partial charge in [-0.2, -0.15) is 0 Å². The molecule has 0 aliphatic rings. The molecule has 0 radical (unpaired) electrons. The summed E-state index contributed by atoms with van der Waals surface area (Å²) in [6, 6.07) is 3.04. The molecule has 0 unspecified atom stereocenters. The van der Waals surface area contributed by atoms with Gasteiger partial charge in [0.1, 0.15) is 5.82 Å². The SMILES string of the molecule is CCOC(=O)Nc1ccc(F)cc1C(=O)O. The average molecular weight is 227 g/mol. The number of carboxylic acids is 1. The molecule has 0 aromatic heterocycles. The summed E-state index contributed by atoms with van der Waals surface area (Å²) in [6.45, 7) is 1.78. The molecule has 0 saturated heterocycles. The molecule has 0 aliphatic heterocycles. The van der Waals surface area contributed by atoms with E-state index in [0.717, 1.165) is 18.2 Å². The van der Waals surface area contributed by atoms with Gasteiger partial charge in [-0.1, -0.05) is 0 Å². The summed E-state index contributed by atoms with van der Waals surface area (Å²) in [7, 11) is 0. The number of anilines is 1. The highest BCUT2D eigenvalue weighted by Crippen LogP contribution is 2.17. The number of halogens is 1. The third kappa shape index (κ3) is 2.94. The minimum absolute atomic E-state index is 0.00708. The van der Waals surface area contributed by atoms with Crippen molar-refractivity contribution in [3.63, 3.8) is 0 Å². The molecule has 0 heterocycles. The average Bonchev–Trinajstić information content (AvgIpc) is 2.20. The molecule has 0 aliphatic carbocycles. The zero-order chi connectivity index (χ0) is 12.1. The van der Waals surface area contributed by atoms with Gasteiger partial charge in [-0.3, -0.25) is 5.32 Å². The fraction of sp³-hybridized carbons (Fsp3) is 0.200. The number of carbonyl (C=O) groups is 2. The molecular weight excluding hydrogens is 217 g/mol. The Bertz CT molecular complexity index is 419. The molecule has 0 saturated carbocycles. The van der Waals surface area contributed by atoms with Crippen molar-refractivity contribution in [3.8, 4) is 0 Å². The van der Waals surface area contributed by atoms with E-state index in [2.05, 4.69) is 10.1 Å². The van der Waals surface area contributed by atoms with E-state index < -0.39 is 17.9 Å². The van der Waals surface area contributed by atoms with E-state index in [1.54, 1.807) is 6.92 Å².